The normalized spacial score (nSPS) is 25.5. The number of halogens is 2. The van der Waals surface area contributed by atoms with Crippen LogP contribution in [0.15, 0.2) is 24.3 Å². The van der Waals surface area contributed by atoms with Crippen molar-refractivity contribution in [1.29, 1.82) is 0 Å². The number of carbonyl (C=O) groups excluding carboxylic acids is 1. The topological polar surface area (TPSA) is 29.5 Å². The summed E-state index contributed by atoms with van der Waals surface area (Å²) in [5.41, 5.74) is 0.0777. The number of amides is 1. The molecule has 2 aliphatic rings. The van der Waals surface area contributed by atoms with E-state index in [-0.39, 0.29) is 23.6 Å². The summed E-state index contributed by atoms with van der Waals surface area (Å²) in [4.78, 5) is 13.7. The predicted octanol–water partition coefficient (Wildman–Crippen LogP) is 1.98. The van der Waals surface area contributed by atoms with Gasteiger partial charge in [0.1, 0.15) is 11.6 Å². The number of nitrogens with zero attached hydrogens (tertiary/aromatic N) is 1. The number of benzene rings is 1. The van der Waals surface area contributed by atoms with Crippen LogP contribution in [0.4, 0.5) is 8.78 Å². The van der Waals surface area contributed by atoms with Crippen molar-refractivity contribution in [1.82, 2.24) is 4.90 Å². The van der Waals surface area contributed by atoms with Crippen molar-refractivity contribution >= 4 is 12.0 Å². The van der Waals surface area contributed by atoms with Gasteiger partial charge in [-0.2, -0.15) is 0 Å². The maximum atomic E-state index is 13.4. The van der Waals surface area contributed by atoms with Crippen molar-refractivity contribution in [2.45, 2.75) is 18.6 Å². The Morgan fingerprint density at radius 3 is 2.95 bits per heavy atom. The minimum absolute atomic E-state index is 0.0777. The summed E-state index contributed by atoms with van der Waals surface area (Å²) in [7, 11) is 0. The lowest BCUT2D eigenvalue weighted by atomic mass is 10.2. The molecule has 5 heteroatoms. The van der Waals surface area contributed by atoms with E-state index in [1.807, 2.05) is 0 Å². The third-order valence-corrected chi connectivity index (χ3v) is 3.55. The minimum Gasteiger partial charge on any atom is -0.374 e. The summed E-state index contributed by atoms with van der Waals surface area (Å²) in [6.45, 7) is 1.15. The number of rotatable bonds is 2. The van der Waals surface area contributed by atoms with E-state index in [0.29, 0.717) is 13.2 Å². The molecule has 0 aromatic heterocycles. The average molecular weight is 265 g/mol. The van der Waals surface area contributed by atoms with Crippen molar-refractivity contribution in [3.8, 4) is 0 Å². The zero-order chi connectivity index (χ0) is 13.4. The van der Waals surface area contributed by atoms with Crippen LogP contribution in [0.3, 0.4) is 0 Å². The van der Waals surface area contributed by atoms with Gasteiger partial charge in [0.05, 0.1) is 18.8 Å². The van der Waals surface area contributed by atoms with Gasteiger partial charge < -0.3 is 9.64 Å². The van der Waals surface area contributed by atoms with Crippen molar-refractivity contribution in [2.75, 3.05) is 13.2 Å². The molecule has 2 saturated heterocycles. The van der Waals surface area contributed by atoms with Gasteiger partial charge in [-0.05, 0) is 30.7 Å². The second-order valence-electron chi connectivity index (χ2n) is 4.83. The number of carbonyl (C=O) groups is 1. The van der Waals surface area contributed by atoms with Crippen LogP contribution in [-0.4, -0.2) is 36.1 Å². The van der Waals surface area contributed by atoms with Crippen molar-refractivity contribution in [3.63, 3.8) is 0 Å². The monoisotopic (exact) mass is 265 g/mol. The number of ether oxygens (including phenoxy) is 1. The first-order valence-corrected chi connectivity index (χ1v) is 6.19. The third kappa shape index (κ3) is 2.38. The van der Waals surface area contributed by atoms with Crippen LogP contribution in [0.5, 0.6) is 0 Å². The molecular formula is C14H13F2NO2. The summed E-state index contributed by atoms with van der Waals surface area (Å²) in [6.07, 6.45) is 3.60. The zero-order valence-corrected chi connectivity index (χ0v) is 10.2. The maximum Gasteiger partial charge on any atom is 0.246 e. The van der Waals surface area contributed by atoms with Crippen LogP contribution >= 0.6 is 0 Å². The third-order valence-electron chi connectivity index (χ3n) is 3.55. The molecule has 1 amide bonds. The highest BCUT2D eigenvalue weighted by molar-refractivity contribution is 5.92. The summed E-state index contributed by atoms with van der Waals surface area (Å²) in [5.74, 6) is -1.25. The van der Waals surface area contributed by atoms with Crippen LogP contribution in [0, 0.1) is 11.6 Å². The van der Waals surface area contributed by atoms with Crippen LogP contribution in [0.2, 0.25) is 0 Å². The average Bonchev–Trinajstić information content (AvgIpc) is 3.02. The Hall–Kier alpha value is -1.75. The van der Waals surface area contributed by atoms with Crippen LogP contribution in [0.1, 0.15) is 12.0 Å². The highest BCUT2D eigenvalue weighted by Gasteiger charge is 2.40. The molecule has 2 fully saturated rings. The molecule has 3 rings (SSSR count). The van der Waals surface area contributed by atoms with Gasteiger partial charge in [0.15, 0.2) is 0 Å². The number of fused-ring (bicyclic) bond motifs is 2. The highest BCUT2D eigenvalue weighted by Crippen LogP contribution is 2.27. The van der Waals surface area contributed by atoms with E-state index >= 15 is 0 Å². The smallest absolute Gasteiger partial charge is 0.246 e. The molecule has 2 bridgehead atoms. The van der Waals surface area contributed by atoms with E-state index in [9.17, 15) is 13.6 Å². The van der Waals surface area contributed by atoms with Crippen molar-refractivity contribution in [2.24, 2.45) is 0 Å². The van der Waals surface area contributed by atoms with E-state index in [1.54, 1.807) is 4.90 Å². The Morgan fingerprint density at radius 1 is 1.42 bits per heavy atom. The summed E-state index contributed by atoms with van der Waals surface area (Å²) >= 11 is 0. The van der Waals surface area contributed by atoms with E-state index in [1.165, 1.54) is 12.2 Å². The lowest BCUT2D eigenvalue weighted by molar-refractivity contribution is -0.130. The Labute approximate surface area is 109 Å². The Kier molecular flexibility index (Phi) is 3.06. The molecule has 0 unspecified atom stereocenters. The fraction of sp³-hybridized carbons (Fsp3) is 0.357. The largest absolute Gasteiger partial charge is 0.374 e. The summed E-state index contributed by atoms with van der Waals surface area (Å²) in [5, 5.41) is 0. The molecule has 2 heterocycles. The molecule has 0 radical (unpaired) electrons. The van der Waals surface area contributed by atoms with Gasteiger partial charge in [-0.1, -0.05) is 0 Å². The number of hydrogen-bond acceptors (Lipinski definition) is 2. The van der Waals surface area contributed by atoms with Gasteiger partial charge in [-0.25, -0.2) is 8.78 Å². The van der Waals surface area contributed by atoms with Crippen LogP contribution in [-0.2, 0) is 9.53 Å². The molecule has 0 saturated carbocycles. The fourth-order valence-electron chi connectivity index (χ4n) is 2.57. The van der Waals surface area contributed by atoms with E-state index in [2.05, 4.69) is 0 Å². The predicted molar refractivity (Wildman–Crippen MR) is 65.3 cm³/mol. The minimum atomic E-state index is -0.545. The first kappa shape index (κ1) is 12.3. The van der Waals surface area contributed by atoms with Gasteiger partial charge in [0, 0.05) is 18.2 Å². The first-order valence-electron chi connectivity index (χ1n) is 6.19. The molecule has 100 valence electrons. The second-order valence-corrected chi connectivity index (χ2v) is 4.83. The molecule has 0 spiro atoms. The molecule has 3 nitrogen and oxygen atoms in total. The van der Waals surface area contributed by atoms with E-state index < -0.39 is 11.6 Å². The summed E-state index contributed by atoms with van der Waals surface area (Å²) < 4.78 is 31.8. The number of hydrogen-bond donors (Lipinski definition) is 0. The lowest BCUT2D eigenvalue weighted by Crippen LogP contribution is -2.40. The molecule has 2 atom stereocenters. The van der Waals surface area contributed by atoms with Crippen molar-refractivity contribution in [3.05, 3.63) is 41.5 Å². The standard InChI is InChI=1S/C14H13F2NO2/c15-10-2-3-13(16)9(5-10)1-4-14(18)17-7-12-6-11(17)8-19-12/h1-5,11-12H,6-8H2/b4-1+/t11-,12+/m0/s1. The molecule has 0 N–H and O–H groups in total. The Balaban J connectivity index is 1.72. The van der Waals surface area contributed by atoms with Gasteiger partial charge >= 0.3 is 0 Å². The van der Waals surface area contributed by atoms with E-state index in [0.717, 1.165) is 24.6 Å². The zero-order valence-electron chi connectivity index (χ0n) is 10.2. The van der Waals surface area contributed by atoms with Gasteiger partial charge in [-0.15, -0.1) is 0 Å². The van der Waals surface area contributed by atoms with Gasteiger partial charge in [0.25, 0.3) is 0 Å². The maximum absolute atomic E-state index is 13.4. The van der Waals surface area contributed by atoms with Crippen LogP contribution in [0.25, 0.3) is 6.08 Å². The summed E-state index contributed by atoms with van der Waals surface area (Å²) in [6, 6.07) is 3.29. The first-order chi connectivity index (χ1) is 9.13. The molecule has 1 aromatic rings. The molecule has 2 aliphatic heterocycles. The van der Waals surface area contributed by atoms with Gasteiger partial charge in [0.2, 0.25) is 5.91 Å². The SMILES string of the molecule is O=C(/C=C/c1cc(F)ccc1F)N1C[C@H]2C[C@H]1CO2. The van der Waals surface area contributed by atoms with Crippen LogP contribution < -0.4 is 0 Å². The molecule has 0 aliphatic carbocycles. The molecule has 19 heavy (non-hydrogen) atoms. The van der Waals surface area contributed by atoms with Gasteiger partial charge in [-0.3, -0.25) is 4.79 Å². The quantitative estimate of drug-likeness (QED) is 0.765. The number of likely N-dealkylation sites (tertiary alicyclic amines) is 1. The Bertz CT molecular complexity index is 544. The van der Waals surface area contributed by atoms with Crippen molar-refractivity contribution < 1.29 is 18.3 Å². The lowest BCUT2D eigenvalue weighted by Gasteiger charge is -2.25. The number of morpholine rings is 1. The Morgan fingerprint density at radius 2 is 2.26 bits per heavy atom. The fourth-order valence-corrected chi connectivity index (χ4v) is 2.57. The highest BCUT2D eigenvalue weighted by atomic mass is 19.1. The molecular weight excluding hydrogens is 252 g/mol. The molecule has 1 aromatic carbocycles. The second kappa shape index (κ2) is 4.74. The van der Waals surface area contributed by atoms with E-state index in [4.69, 9.17) is 4.74 Å².